The zero-order chi connectivity index (χ0) is 9.68. The van der Waals surface area contributed by atoms with E-state index in [4.69, 9.17) is 10.8 Å². The van der Waals surface area contributed by atoms with Crippen LogP contribution < -0.4 is 5.73 Å². The summed E-state index contributed by atoms with van der Waals surface area (Å²) in [6.45, 7) is 2.37. The molecule has 0 aliphatic rings. The Hall–Kier alpha value is -0.260. The third kappa shape index (κ3) is 3.97. The number of thiazole rings is 1. The van der Waals surface area contributed by atoms with Crippen LogP contribution in [0.15, 0.2) is 5.38 Å². The van der Waals surface area contributed by atoms with Crippen molar-refractivity contribution < 1.29 is 5.11 Å². The summed E-state index contributed by atoms with van der Waals surface area (Å²) in [6.07, 6.45) is 0.838. The average Bonchev–Trinajstić information content (AvgIpc) is 2.49. The standard InChI is InChI=1S/C8H14N2OS2/c1-6(2-3-11)12-4-7-5-13-8(9)10-7/h5-6,11H,2-4H2,1H3,(H2,9,10). The topological polar surface area (TPSA) is 59.1 Å². The second kappa shape index (κ2) is 5.47. The van der Waals surface area contributed by atoms with Gasteiger partial charge in [-0.25, -0.2) is 4.98 Å². The maximum absolute atomic E-state index is 8.69. The van der Waals surface area contributed by atoms with Crippen molar-refractivity contribution in [2.45, 2.75) is 24.3 Å². The second-order valence-corrected chi connectivity index (χ2v) is 5.13. The molecular formula is C8H14N2OS2. The van der Waals surface area contributed by atoms with E-state index < -0.39 is 0 Å². The molecule has 0 spiro atoms. The first kappa shape index (κ1) is 10.8. The normalized spacial score (nSPS) is 13.1. The van der Waals surface area contributed by atoms with Gasteiger partial charge in [0.1, 0.15) is 0 Å². The third-order valence-corrected chi connectivity index (χ3v) is 3.61. The molecule has 0 aliphatic heterocycles. The molecule has 3 N–H and O–H groups in total. The average molecular weight is 218 g/mol. The second-order valence-electron chi connectivity index (χ2n) is 2.81. The van der Waals surface area contributed by atoms with E-state index in [1.165, 1.54) is 11.3 Å². The molecule has 13 heavy (non-hydrogen) atoms. The lowest BCUT2D eigenvalue weighted by molar-refractivity contribution is 0.289. The fourth-order valence-corrected chi connectivity index (χ4v) is 2.43. The largest absolute Gasteiger partial charge is 0.396 e. The number of hydrogen-bond donors (Lipinski definition) is 2. The molecule has 0 radical (unpaired) electrons. The lowest BCUT2D eigenvalue weighted by Gasteiger charge is -2.06. The molecule has 1 rings (SSSR count). The Balaban J connectivity index is 2.26. The van der Waals surface area contributed by atoms with Crippen LogP contribution in [0.25, 0.3) is 0 Å². The summed E-state index contributed by atoms with van der Waals surface area (Å²) in [5.41, 5.74) is 6.54. The Labute approximate surface area is 86.4 Å². The molecule has 1 heterocycles. The molecule has 0 bridgehead atoms. The van der Waals surface area contributed by atoms with Crippen molar-refractivity contribution in [3.05, 3.63) is 11.1 Å². The van der Waals surface area contributed by atoms with Gasteiger partial charge in [0.2, 0.25) is 0 Å². The predicted molar refractivity (Wildman–Crippen MR) is 59.0 cm³/mol. The van der Waals surface area contributed by atoms with E-state index in [0.717, 1.165) is 17.9 Å². The Morgan fingerprint density at radius 2 is 2.54 bits per heavy atom. The van der Waals surface area contributed by atoms with Crippen molar-refractivity contribution in [3.8, 4) is 0 Å². The number of aromatic nitrogens is 1. The van der Waals surface area contributed by atoms with Gasteiger partial charge in [-0.15, -0.1) is 11.3 Å². The lowest BCUT2D eigenvalue weighted by Crippen LogP contribution is -2.00. The molecule has 74 valence electrons. The van der Waals surface area contributed by atoms with Crippen LogP contribution in [0, 0.1) is 0 Å². The van der Waals surface area contributed by atoms with E-state index in [2.05, 4.69) is 11.9 Å². The first-order valence-corrected chi connectivity index (χ1v) is 6.07. The van der Waals surface area contributed by atoms with E-state index in [1.807, 2.05) is 5.38 Å². The summed E-state index contributed by atoms with van der Waals surface area (Å²) >= 11 is 3.27. The highest BCUT2D eigenvalue weighted by molar-refractivity contribution is 7.99. The van der Waals surface area contributed by atoms with Crippen molar-refractivity contribution in [3.63, 3.8) is 0 Å². The van der Waals surface area contributed by atoms with E-state index in [1.54, 1.807) is 11.8 Å². The maximum atomic E-state index is 8.69. The molecule has 5 heteroatoms. The number of nitrogens with two attached hydrogens (primary N) is 1. The first-order chi connectivity index (χ1) is 6.22. The number of nitrogens with zero attached hydrogens (tertiary/aromatic N) is 1. The predicted octanol–water partition coefficient (Wildman–Crippen LogP) is 1.73. The number of nitrogen functional groups attached to an aromatic ring is 1. The number of aliphatic hydroxyl groups is 1. The summed E-state index contributed by atoms with van der Waals surface area (Å²) in [6, 6.07) is 0. The molecule has 0 aromatic carbocycles. The van der Waals surface area contributed by atoms with Crippen LogP contribution in [0.2, 0.25) is 0 Å². The fraction of sp³-hybridized carbons (Fsp3) is 0.625. The minimum Gasteiger partial charge on any atom is -0.396 e. The van der Waals surface area contributed by atoms with Crippen LogP contribution >= 0.6 is 23.1 Å². The van der Waals surface area contributed by atoms with Crippen molar-refractivity contribution in [2.24, 2.45) is 0 Å². The van der Waals surface area contributed by atoms with E-state index in [9.17, 15) is 0 Å². The summed E-state index contributed by atoms with van der Waals surface area (Å²) in [5, 5.41) is 11.8. The van der Waals surface area contributed by atoms with Crippen LogP contribution in [-0.2, 0) is 5.75 Å². The van der Waals surface area contributed by atoms with Gasteiger partial charge in [0, 0.05) is 23.0 Å². The Morgan fingerprint density at radius 3 is 3.08 bits per heavy atom. The Kier molecular flexibility index (Phi) is 4.55. The van der Waals surface area contributed by atoms with E-state index >= 15 is 0 Å². The number of aliphatic hydroxyl groups excluding tert-OH is 1. The van der Waals surface area contributed by atoms with Gasteiger partial charge in [0.05, 0.1) is 5.69 Å². The van der Waals surface area contributed by atoms with Crippen LogP contribution in [0.3, 0.4) is 0 Å². The van der Waals surface area contributed by atoms with Crippen LogP contribution in [-0.4, -0.2) is 21.9 Å². The monoisotopic (exact) mass is 218 g/mol. The number of anilines is 1. The molecule has 0 saturated carbocycles. The smallest absolute Gasteiger partial charge is 0.180 e. The summed E-state index contributed by atoms with van der Waals surface area (Å²) in [5.74, 6) is 0.884. The summed E-state index contributed by atoms with van der Waals surface area (Å²) in [4.78, 5) is 4.16. The van der Waals surface area contributed by atoms with Gasteiger partial charge in [-0.05, 0) is 6.42 Å². The van der Waals surface area contributed by atoms with Crippen LogP contribution in [0.5, 0.6) is 0 Å². The molecule has 0 amide bonds. The van der Waals surface area contributed by atoms with Gasteiger partial charge in [-0.1, -0.05) is 6.92 Å². The number of rotatable bonds is 5. The van der Waals surface area contributed by atoms with E-state index in [0.29, 0.717) is 10.4 Å². The lowest BCUT2D eigenvalue weighted by atomic mass is 10.3. The van der Waals surface area contributed by atoms with Crippen molar-refractivity contribution in [1.29, 1.82) is 0 Å². The molecule has 1 unspecified atom stereocenters. The van der Waals surface area contributed by atoms with Gasteiger partial charge in [0.25, 0.3) is 0 Å². The fourth-order valence-electron chi connectivity index (χ4n) is 0.882. The highest BCUT2D eigenvalue weighted by Gasteiger charge is 2.04. The Bertz CT molecular complexity index is 252. The molecule has 0 aliphatic carbocycles. The molecule has 1 aromatic heterocycles. The highest BCUT2D eigenvalue weighted by Crippen LogP contribution is 2.21. The third-order valence-electron chi connectivity index (χ3n) is 1.62. The van der Waals surface area contributed by atoms with Gasteiger partial charge in [0.15, 0.2) is 5.13 Å². The number of thioether (sulfide) groups is 1. The molecule has 1 atom stereocenters. The minimum atomic E-state index is 0.257. The SMILES string of the molecule is CC(CCO)SCc1csc(N)n1. The molecular weight excluding hydrogens is 204 g/mol. The van der Waals surface area contributed by atoms with Crippen LogP contribution in [0.4, 0.5) is 5.13 Å². The maximum Gasteiger partial charge on any atom is 0.180 e. The molecule has 0 saturated heterocycles. The van der Waals surface area contributed by atoms with E-state index in [-0.39, 0.29) is 6.61 Å². The van der Waals surface area contributed by atoms with Crippen molar-refractivity contribution >= 4 is 28.2 Å². The van der Waals surface area contributed by atoms with Crippen LogP contribution in [0.1, 0.15) is 19.0 Å². The first-order valence-electron chi connectivity index (χ1n) is 4.14. The summed E-state index contributed by atoms with van der Waals surface area (Å²) < 4.78 is 0. The molecule has 1 aromatic rings. The van der Waals surface area contributed by atoms with Gasteiger partial charge < -0.3 is 10.8 Å². The van der Waals surface area contributed by atoms with Gasteiger partial charge in [-0.3, -0.25) is 0 Å². The van der Waals surface area contributed by atoms with Gasteiger partial charge in [-0.2, -0.15) is 11.8 Å². The summed E-state index contributed by atoms with van der Waals surface area (Å²) in [7, 11) is 0. The zero-order valence-electron chi connectivity index (χ0n) is 7.56. The Morgan fingerprint density at radius 1 is 1.77 bits per heavy atom. The highest BCUT2D eigenvalue weighted by atomic mass is 32.2. The molecule has 0 fully saturated rings. The minimum absolute atomic E-state index is 0.257. The van der Waals surface area contributed by atoms with Crippen molar-refractivity contribution in [2.75, 3.05) is 12.3 Å². The molecule has 3 nitrogen and oxygen atoms in total. The number of hydrogen-bond acceptors (Lipinski definition) is 5. The van der Waals surface area contributed by atoms with Gasteiger partial charge >= 0.3 is 0 Å². The zero-order valence-corrected chi connectivity index (χ0v) is 9.20. The quantitative estimate of drug-likeness (QED) is 0.790. The van der Waals surface area contributed by atoms with Crippen molar-refractivity contribution in [1.82, 2.24) is 4.98 Å².